The highest BCUT2D eigenvalue weighted by Gasteiger charge is 2.21. The second kappa shape index (κ2) is 5.23. The van der Waals surface area contributed by atoms with Gasteiger partial charge >= 0.3 is 0 Å². The molecule has 1 heterocycles. The normalized spacial score (nSPS) is 32.2. The third kappa shape index (κ3) is 3.06. The molecular weight excluding hydrogens is 214 g/mol. The Morgan fingerprint density at radius 1 is 1.33 bits per heavy atom. The molecule has 0 aromatic heterocycles. The van der Waals surface area contributed by atoms with E-state index in [0.717, 1.165) is 17.3 Å². The lowest BCUT2D eigenvalue weighted by Gasteiger charge is -2.36. The minimum atomic E-state index is 0.820. The molecule has 1 nitrogen and oxygen atoms in total. The highest BCUT2D eigenvalue weighted by molar-refractivity contribution is 9.09. The minimum Gasteiger partial charge on any atom is -0.300 e. The van der Waals surface area contributed by atoms with E-state index in [4.69, 9.17) is 0 Å². The standard InChI is InChI=1S/C10H20BrN/c1-9-4-5-10(2)12(8-9)7-3-6-11/h9-10H,3-8H2,1-2H3. The van der Waals surface area contributed by atoms with Gasteiger partial charge in [-0.15, -0.1) is 0 Å². The first-order valence-corrected chi connectivity index (χ1v) is 6.16. The van der Waals surface area contributed by atoms with Gasteiger partial charge in [0.2, 0.25) is 0 Å². The number of halogens is 1. The molecule has 0 bridgehead atoms. The summed E-state index contributed by atoms with van der Waals surface area (Å²) < 4.78 is 0. The summed E-state index contributed by atoms with van der Waals surface area (Å²) in [4.78, 5) is 2.63. The van der Waals surface area contributed by atoms with Gasteiger partial charge in [0.1, 0.15) is 0 Å². The van der Waals surface area contributed by atoms with E-state index in [-0.39, 0.29) is 0 Å². The summed E-state index contributed by atoms with van der Waals surface area (Å²) in [7, 11) is 0. The van der Waals surface area contributed by atoms with Crippen LogP contribution in [0.5, 0.6) is 0 Å². The zero-order valence-corrected chi connectivity index (χ0v) is 9.81. The van der Waals surface area contributed by atoms with E-state index in [2.05, 4.69) is 34.7 Å². The first kappa shape index (κ1) is 10.5. The van der Waals surface area contributed by atoms with Crippen molar-refractivity contribution in [1.29, 1.82) is 0 Å². The Kier molecular flexibility index (Phi) is 4.59. The summed E-state index contributed by atoms with van der Waals surface area (Å²) in [6, 6.07) is 0.820. The number of likely N-dealkylation sites (tertiary alicyclic amines) is 1. The van der Waals surface area contributed by atoms with E-state index in [1.54, 1.807) is 0 Å². The Hall–Kier alpha value is 0.440. The SMILES string of the molecule is CC1CCC(C)N(CCCBr)C1. The van der Waals surface area contributed by atoms with Gasteiger partial charge in [-0.3, -0.25) is 0 Å². The van der Waals surface area contributed by atoms with Crippen molar-refractivity contribution in [3.8, 4) is 0 Å². The predicted octanol–water partition coefficient (Wildman–Crippen LogP) is 2.89. The lowest BCUT2D eigenvalue weighted by molar-refractivity contribution is 0.126. The molecule has 0 saturated carbocycles. The second-order valence-electron chi connectivity index (χ2n) is 4.07. The van der Waals surface area contributed by atoms with Crippen LogP contribution in [0, 0.1) is 5.92 Å². The van der Waals surface area contributed by atoms with Crippen LogP contribution in [0.15, 0.2) is 0 Å². The van der Waals surface area contributed by atoms with Gasteiger partial charge in [0.25, 0.3) is 0 Å². The third-order valence-electron chi connectivity index (χ3n) is 2.83. The average molecular weight is 234 g/mol. The fourth-order valence-corrected chi connectivity index (χ4v) is 2.21. The van der Waals surface area contributed by atoms with Crippen LogP contribution in [0.2, 0.25) is 0 Å². The van der Waals surface area contributed by atoms with Crippen LogP contribution in [0.25, 0.3) is 0 Å². The van der Waals surface area contributed by atoms with E-state index < -0.39 is 0 Å². The van der Waals surface area contributed by atoms with Crippen LogP contribution >= 0.6 is 15.9 Å². The third-order valence-corrected chi connectivity index (χ3v) is 3.39. The molecule has 1 fully saturated rings. The molecule has 0 N–H and O–H groups in total. The maximum absolute atomic E-state index is 3.48. The fraction of sp³-hybridized carbons (Fsp3) is 1.00. The molecule has 0 aliphatic carbocycles. The lowest BCUT2D eigenvalue weighted by Crippen LogP contribution is -2.41. The predicted molar refractivity (Wildman–Crippen MR) is 57.8 cm³/mol. The van der Waals surface area contributed by atoms with Crippen LogP contribution in [-0.2, 0) is 0 Å². The monoisotopic (exact) mass is 233 g/mol. The quantitative estimate of drug-likeness (QED) is 0.679. The molecule has 1 aliphatic rings. The van der Waals surface area contributed by atoms with Gasteiger partial charge in [0, 0.05) is 17.9 Å². The van der Waals surface area contributed by atoms with Crippen molar-refractivity contribution in [3.05, 3.63) is 0 Å². The number of piperidine rings is 1. The topological polar surface area (TPSA) is 3.24 Å². The second-order valence-corrected chi connectivity index (χ2v) is 4.86. The van der Waals surface area contributed by atoms with Crippen LogP contribution in [0.4, 0.5) is 0 Å². The molecule has 1 saturated heterocycles. The number of hydrogen-bond donors (Lipinski definition) is 0. The molecule has 12 heavy (non-hydrogen) atoms. The van der Waals surface area contributed by atoms with Gasteiger partial charge in [0.15, 0.2) is 0 Å². The largest absolute Gasteiger partial charge is 0.300 e. The molecule has 2 heteroatoms. The van der Waals surface area contributed by atoms with Gasteiger partial charge in [-0.05, 0) is 38.6 Å². The average Bonchev–Trinajstić information content (AvgIpc) is 2.07. The molecule has 1 aliphatic heterocycles. The zero-order valence-electron chi connectivity index (χ0n) is 8.22. The molecule has 2 atom stereocenters. The van der Waals surface area contributed by atoms with E-state index in [9.17, 15) is 0 Å². The molecule has 0 aromatic rings. The molecule has 72 valence electrons. The van der Waals surface area contributed by atoms with Crippen LogP contribution in [0.1, 0.15) is 33.1 Å². The summed E-state index contributed by atoms with van der Waals surface area (Å²) >= 11 is 3.48. The smallest absolute Gasteiger partial charge is 0.00671 e. The Labute approximate surface area is 84.6 Å². The maximum Gasteiger partial charge on any atom is 0.00671 e. The summed E-state index contributed by atoms with van der Waals surface area (Å²) in [5.74, 6) is 0.913. The zero-order chi connectivity index (χ0) is 8.97. The van der Waals surface area contributed by atoms with E-state index in [0.29, 0.717) is 0 Å². The fourth-order valence-electron chi connectivity index (χ4n) is 1.95. The number of nitrogens with zero attached hydrogens (tertiary/aromatic N) is 1. The van der Waals surface area contributed by atoms with Crippen molar-refractivity contribution in [2.75, 3.05) is 18.4 Å². The van der Waals surface area contributed by atoms with Gasteiger partial charge in [-0.2, -0.15) is 0 Å². The number of rotatable bonds is 3. The Morgan fingerprint density at radius 3 is 2.75 bits per heavy atom. The maximum atomic E-state index is 3.48. The molecule has 0 amide bonds. The van der Waals surface area contributed by atoms with Crippen molar-refractivity contribution in [3.63, 3.8) is 0 Å². The summed E-state index contributed by atoms with van der Waals surface area (Å²) in [6.45, 7) is 7.32. The summed E-state index contributed by atoms with van der Waals surface area (Å²) in [6.07, 6.45) is 4.10. The lowest BCUT2D eigenvalue weighted by atomic mass is 9.95. The van der Waals surface area contributed by atoms with Gasteiger partial charge < -0.3 is 4.90 Å². The van der Waals surface area contributed by atoms with Gasteiger partial charge in [0.05, 0.1) is 0 Å². The van der Waals surface area contributed by atoms with Crippen molar-refractivity contribution < 1.29 is 0 Å². The minimum absolute atomic E-state index is 0.820. The van der Waals surface area contributed by atoms with Gasteiger partial charge in [-0.25, -0.2) is 0 Å². The molecule has 2 unspecified atom stereocenters. The molecule has 0 spiro atoms. The highest BCUT2D eigenvalue weighted by atomic mass is 79.9. The van der Waals surface area contributed by atoms with Crippen molar-refractivity contribution in [2.24, 2.45) is 5.92 Å². The highest BCUT2D eigenvalue weighted by Crippen LogP contribution is 2.21. The van der Waals surface area contributed by atoms with Crippen LogP contribution in [-0.4, -0.2) is 29.4 Å². The first-order valence-electron chi connectivity index (χ1n) is 5.04. The van der Waals surface area contributed by atoms with Crippen molar-refractivity contribution in [1.82, 2.24) is 4.90 Å². The summed E-state index contributed by atoms with van der Waals surface area (Å²) in [5.41, 5.74) is 0. The van der Waals surface area contributed by atoms with Crippen LogP contribution in [0.3, 0.4) is 0 Å². The van der Waals surface area contributed by atoms with Crippen LogP contribution < -0.4 is 0 Å². The Balaban J connectivity index is 2.28. The Bertz CT molecular complexity index is 127. The molecular formula is C10H20BrN. The van der Waals surface area contributed by atoms with E-state index >= 15 is 0 Å². The summed E-state index contributed by atoms with van der Waals surface area (Å²) in [5, 5.41) is 1.14. The molecule has 1 rings (SSSR count). The number of alkyl halides is 1. The first-order chi connectivity index (χ1) is 5.74. The molecule has 0 aromatic carbocycles. The van der Waals surface area contributed by atoms with E-state index in [1.165, 1.54) is 32.4 Å². The Morgan fingerprint density at radius 2 is 2.08 bits per heavy atom. The van der Waals surface area contributed by atoms with Crippen molar-refractivity contribution >= 4 is 15.9 Å². The van der Waals surface area contributed by atoms with E-state index in [1.807, 2.05) is 0 Å². The van der Waals surface area contributed by atoms with Gasteiger partial charge in [-0.1, -0.05) is 22.9 Å². The molecule has 0 radical (unpaired) electrons. The van der Waals surface area contributed by atoms with Crippen molar-refractivity contribution in [2.45, 2.75) is 39.2 Å². The number of hydrogen-bond acceptors (Lipinski definition) is 1.